The molecule has 1 saturated heterocycles. The van der Waals surface area contributed by atoms with Crippen LogP contribution in [0.2, 0.25) is 0 Å². The summed E-state index contributed by atoms with van der Waals surface area (Å²) in [6.07, 6.45) is 0.498. The lowest BCUT2D eigenvalue weighted by molar-refractivity contribution is -0.122. The van der Waals surface area contributed by atoms with Crippen molar-refractivity contribution >= 4 is 17.8 Å². The number of benzene rings is 1. The minimum Gasteiger partial charge on any atom is -0.352 e. The van der Waals surface area contributed by atoms with Gasteiger partial charge in [0.1, 0.15) is 6.04 Å². The van der Waals surface area contributed by atoms with Gasteiger partial charge >= 0.3 is 6.03 Å². The lowest BCUT2D eigenvalue weighted by atomic mass is 10.00. The molecular weight excluding hydrogens is 282 g/mol. The minimum atomic E-state index is -0.610. The molecule has 0 aliphatic carbocycles. The number of nitrogens with one attached hydrogen (secondary N) is 3. The second-order valence-electron chi connectivity index (χ2n) is 5.71. The number of carbonyl (C=O) groups is 3. The Morgan fingerprint density at radius 3 is 2.36 bits per heavy atom. The Bertz CT molecular complexity index is 602. The molecule has 6 nitrogen and oxygen atoms in total. The second kappa shape index (κ2) is 6.60. The van der Waals surface area contributed by atoms with Crippen LogP contribution in [0.5, 0.6) is 0 Å². The first-order chi connectivity index (χ1) is 10.4. The van der Waals surface area contributed by atoms with E-state index < -0.39 is 12.1 Å². The number of urea groups is 1. The van der Waals surface area contributed by atoms with Crippen LogP contribution >= 0.6 is 0 Å². The van der Waals surface area contributed by atoms with Crippen LogP contribution in [0.15, 0.2) is 12.1 Å². The Morgan fingerprint density at radius 2 is 1.82 bits per heavy atom. The zero-order valence-corrected chi connectivity index (χ0v) is 13.1. The summed E-state index contributed by atoms with van der Waals surface area (Å²) in [4.78, 5) is 34.2. The van der Waals surface area contributed by atoms with Gasteiger partial charge in [-0.2, -0.15) is 0 Å². The fourth-order valence-electron chi connectivity index (χ4n) is 2.70. The first-order valence-electron chi connectivity index (χ1n) is 7.31. The summed E-state index contributed by atoms with van der Waals surface area (Å²) in [5, 5.41) is 7.49. The molecule has 1 aromatic rings. The van der Waals surface area contributed by atoms with E-state index in [9.17, 15) is 14.4 Å². The number of hydrogen-bond donors (Lipinski definition) is 3. The molecule has 2 rings (SSSR count). The van der Waals surface area contributed by atoms with Crippen LogP contribution in [0.1, 0.15) is 35.1 Å². The van der Waals surface area contributed by atoms with Crippen molar-refractivity contribution in [2.75, 3.05) is 0 Å². The van der Waals surface area contributed by atoms with Crippen LogP contribution in [0.4, 0.5) is 4.79 Å². The molecule has 0 unspecified atom stereocenters. The number of aryl methyl sites for hydroxylation is 3. The summed E-state index contributed by atoms with van der Waals surface area (Å²) in [5.41, 5.74) is 4.62. The smallest absolute Gasteiger partial charge is 0.322 e. The normalized spacial score (nSPS) is 17.1. The van der Waals surface area contributed by atoms with Crippen LogP contribution in [0.3, 0.4) is 0 Å². The standard InChI is InChI=1S/C16H21N3O3/c1-9-6-10(2)12(11(3)7-9)8-17-14(20)5-4-13-15(21)19-16(22)18-13/h6-7,13H,4-5,8H2,1-3H3,(H,17,20)(H2,18,19,21,22)/t13-/m0/s1. The Kier molecular flexibility index (Phi) is 4.80. The van der Waals surface area contributed by atoms with Crippen LogP contribution in [0.25, 0.3) is 0 Å². The average molecular weight is 303 g/mol. The van der Waals surface area contributed by atoms with Gasteiger partial charge in [0.15, 0.2) is 0 Å². The van der Waals surface area contributed by atoms with Crippen LogP contribution in [-0.4, -0.2) is 23.9 Å². The summed E-state index contributed by atoms with van der Waals surface area (Å²) < 4.78 is 0. The van der Waals surface area contributed by atoms with Gasteiger partial charge in [-0.05, 0) is 43.9 Å². The van der Waals surface area contributed by atoms with Crippen molar-refractivity contribution in [3.05, 3.63) is 34.4 Å². The molecule has 0 saturated carbocycles. The van der Waals surface area contributed by atoms with Gasteiger partial charge in [0.2, 0.25) is 5.91 Å². The molecule has 1 aliphatic rings. The fourth-order valence-corrected chi connectivity index (χ4v) is 2.70. The lowest BCUT2D eigenvalue weighted by Gasteiger charge is -2.13. The van der Waals surface area contributed by atoms with E-state index in [0.29, 0.717) is 13.0 Å². The van der Waals surface area contributed by atoms with Crippen molar-refractivity contribution in [1.29, 1.82) is 0 Å². The third-order valence-corrected chi connectivity index (χ3v) is 3.82. The predicted molar refractivity (Wildman–Crippen MR) is 82.2 cm³/mol. The van der Waals surface area contributed by atoms with Gasteiger partial charge in [-0.3, -0.25) is 14.9 Å². The molecule has 0 aromatic heterocycles. The first kappa shape index (κ1) is 16.0. The molecule has 0 bridgehead atoms. The number of rotatable bonds is 5. The van der Waals surface area contributed by atoms with Gasteiger partial charge < -0.3 is 10.6 Å². The molecule has 22 heavy (non-hydrogen) atoms. The molecule has 118 valence electrons. The van der Waals surface area contributed by atoms with Gasteiger partial charge in [-0.15, -0.1) is 0 Å². The van der Waals surface area contributed by atoms with E-state index in [4.69, 9.17) is 0 Å². The lowest BCUT2D eigenvalue weighted by Crippen LogP contribution is -2.31. The second-order valence-corrected chi connectivity index (χ2v) is 5.71. The third-order valence-electron chi connectivity index (χ3n) is 3.82. The van der Waals surface area contributed by atoms with Crippen molar-refractivity contribution in [3.8, 4) is 0 Å². The van der Waals surface area contributed by atoms with E-state index >= 15 is 0 Å². The van der Waals surface area contributed by atoms with Gasteiger partial charge in [-0.1, -0.05) is 17.7 Å². The molecule has 0 radical (unpaired) electrons. The van der Waals surface area contributed by atoms with Crippen molar-refractivity contribution in [1.82, 2.24) is 16.0 Å². The zero-order chi connectivity index (χ0) is 16.3. The third kappa shape index (κ3) is 3.84. The molecule has 0 spiro atoms. The van der Waals surface area contributed by atoms with Crippen LogP contribution < -0.4 is 16.0 Å². The van der Waals surface area contributed by atoms with E-state index in [1.807, 2.05) is 20.8 Å². The summed E-state index contributed by atoms with van der Waals surface area (Å²) in [6, 6.07) is 3.07. The van der Waals surface area contributed by atoms with E-state index in [1.54, 1.807) is 0 Å². The predicted octanol–water partition coefficient (Wildman–Crippen LogP) is 1.22. The van der Waals surface area contributed by atoms with Crippen LogP contribution in [-0.2, 0) is 16.1 Å². The van der Waals surface area contributed by atoms with E-state index in [-0.39, 0.29) is 18.2 Å². The molecular formula is C16H21N3O3. The van der Waals surface area contributed by atoms with Crippen molar-refractivity contribution in [2.45, 2.75) is 46.2 Å². The Hall–Kier alpha value is -2.37. The number of imide groups is 1. The summed E-state index contributed by atoms with van der Waals surface area (Å²) >= 11 is 0. The fraction of sp³-hybridized carbons (Fsp3) is 0.438. The molecule has 1 atom stereocenters. The van der Waals surface area contributed by atoms with Crippen LogP contribution in [0, 0.1) is 20.8 Å². The highest BCUT2D eigenvalue weighted by molar-refractivity contribution is 6.04. The van der Waals surface area contributed by atoms with Crippen molar-refractivity contribution < 1.29 is 14.4 Å². The van der Waals surface area contributed by atoms with Gasteiger partial charge in [0.25, 0.3) is 5.91 Å². The number of carbonyl (C=O) groups excluding carboxylic acids is 3. The van der Waals surface area contributed by atoms with E-state index in [0.717, 1.165) is 16.7 Å². The molecule has 6 heteroatoms. The SMILES string of the molecule is Cc1cc(C)c(CNC(=O)CC[C@@H]2NC(=O)NC2=O)c(C)c1. The van der Waals surface area contributed by atoms with Crippen molar-refractivity contribution in [3.63, 3.8) is 0 Å². The molecule has 1 fully saturated rings. The molecule has 1 heterocycles. The van der Waals surface area contributed by atoms with Gasteiger partial charge in [0, 0.05) is 13.0 Å². The maximum Gasteiger partial charge on any atom is 0.322 e. The zero-order valence-electron chi connectivity index (χ0n) is 13.1. The topological polar surface area (TPSA) is 87.3 Å². The maximum absolute atomic E-state index is 11.9. The van der Waals surface area contributed by atoms with Crippen molar-refractivity contribution in [2.24, 2.45) is 0 Å². The monoisotopic (exact) mass is 303 g/mol. The maximum atomic E-state index is 11.9. The highest BCUT2D eigenvalue weighted by Crippen LogP contribution is 2.16. The minimum absolute atomic E-state index is 0.131. The Balaban J connectivity index is 1.83. The molecule has 4 amide bonds. The summed E-state index contributed by atoms with van der Waals surface area (Å²) in [7, 11) is 0. The largest absolute Gasteiger partial charge is 0.352 e. The van der Waals surface area contributed by atoms with E-state index in [2.05, 4.69) is 28.1 Å². The van der Waals surface area contributed by atoms with Gasteiger partial charge in [0.05, 0.1) is 0 Å². The summed E-state index contributed by atoms with van der Waals surface area (Å²) in [5.74, 6) is -0.503. The Labute approximate surface area is 129 Å². The number of hydrogen-bond acceptors (Lipinski definition) is 3. The Morgan fingerprint density at radius 1 is 1.18 bits per heavy atom. The quantitative estimate of drug-likeness (QED) is 0.715. The molecule has 1 aliphatic heterocycles. The van der Waals surface area contributed by atoms with Gasteiger partial charge in [-0.25, -0.2) is 4.79 Å². The highest BCUT2D eigenvalue weighted by Gasteiger charge is 2.29. The average Bonchev–Trinajstić information content (AvgIpc) is 2.73. The number of amides is 4. The van der Waals surface area contributed by atoms with E-state index in [1.165, 1.54) is 5.56 Å². The molecule has 3 N–H and O–H groups in total. The summed E-state index contributed by atoms with van der Waals surface area (Å²) in [6.45, 7) is 6.57. The molecule has 1 aromatic carbocycles. The highest BCUT2D eigenvalue weighted by atomic mass is 16.2. The first-order valence-corrected chi connectivity index (χ1v) is 7.31.